The van der Waals surface area contributed by atoms with Crippen LogP contribution in [0.25, 0.3) is 0 Å². The van der Waals surface area contributed by atoms with Crippen LogP contribution in [-0.4, -0.2) is 76.2 Å². The summed E-state index contributed by atoms with van der Waals surface area (Å²) in [5.74, 6) is 1.05. The summed E-state index contributed by atoms with van der Waals surface area (Å²) in [5, 5.41) is 11.6. The van der Waals surface area contributed by atoms with E-state index in [0.717, 1.165) is 66.8 Å². The fraction of sp³-hybridized carbons (Fsp3) is 0.500. The van der Waals surface area contributed by atoms with Gasteiger partial charge in [-0.3, -0.25) is 19.2 Å². The highest BCUT2D eigenvalue weighted by Crippen LogP contribution is 2.44. The number of hydrogen-bond donors (Lipinski definition) is 4. The maximum Gasteiger partial charge on any atom is 0.258 e. The lowest BCUT2D eigenvalue weighted by Crippen LogP contribution is -2.38. The highest BCUT2D eigenvalue weighted by Gasteiger charge is 2.30. The predicted molar refractivity (Wildman–Crippen MR) is 266 cm³/mol. The molecule has 2 aliphatic heterocycles. The number of nitrogens with one attached hydrogen (secondary N) is 4. The smallest absolute Gasteiger partial charge is 0.258 e. The molecule has 0 spiro atoms. The van der Waals surface area contributed by atoms with Crippen molar-refractivity contribution in [3.63, 3.8) is 0 Å². The number of amides is 4. The van der Waals surface area contributed by atoms with Crippen LogP contribution >= 0.6 is 0 Å². The van der Waals surface area contributed by atoms with Crippen molar-refractivity contribution in [1.29, 1.82) is 0 Å². The summed E-state index contributed by atoms with van der Waals surface area (Å²) in [6, 6.07) is 17.4. The van der Waals surface area contributed by atoms with Gasteiger partial charge in [-0.05, 0) is 88.4 Å². The lowest BCUT2D eigenvalue weighted by molar-refractivity contribution is -0.124. The Kier molecular flexibility index (Phi) is 14.3. The number of carbonyl (C=O) groups excluding carboxylic acids is 4. The molecule has 0 aromatic heterocycles. The molecule has 4 aromatic carbocycles. The molecule has 0 atom stereocenters. The van der Waals surface area contributed by atoms with Gasteiger partial charge in [0.25, 0.3) is 23.6 Å². The lowest BCUT2D eigenvalue weighted by atomic mass is 9.79. The third kappa shape index (κ3) is 12.0. The number of ether oxygens (including phenoxy) is 4. The van der Waals surface area contributed by atoms with Gasteiger partial charge >= 0.3 is 0 Å². The average molecular weight is 929 g/mol. The first kappa shape index (κ1) is 49.9. The van der Waals surface area contributed by atoms with E-state index >= 15 is 0 Å². The van der Waals surface area contributed by atoms with E-state index in [4.69, 9.17) is 18.9 Å². The van der Waals surface area contributed by atoms with Crippen LogP contribution < -0.4 is 40.2 Å². The molecule has 0 saturated heterocycles. The molecule has 12 nitrogen and oxygen atoms in total. The second kappa shape index (κ2) is 19.5. The number of benzene rings is 4. The Bertz CT molecular complexity index is 2250. The zero-order valence-corrected chi connectivity index (χ0v) is 42.4. The van der Waals surface area contributed by atoms with Crippen molar-refractivity contribution in [3.05, 3.63) is 115 Å². The van der Waals surface area contributed by atoms with Crippen molar-refractivity contribution in [2.75, 3.05) is 52.6 Å². The van der Waals surface area contributed by atoms with E-state index < -0.39 is 0 Å². The van der Waals surface area contributed by atoms with Crippen LogP contribution in [0.5, 0.6) is 23.0 Å². The van der Waals surface area contributed by atoms with Gasteiger partial charge in [0, 0.05) is 51.9 Å². The largest absolute Gasteiger partial charge is 0.483 e. The molecule has 4 aromatic rings. The van der Waals surface area contributed by atoms with Crippen molar-refractivity contribution in [2.24, 2.45) is 0 Å². The minimum absolute atomic E-state index is 0.206. The molecule has 0 unspecified atom stereocenters. The molecule has 7 rings (SSSR count). The van der Waals surface area contributed by atoms with Gasteiger partial charge in [0.1, 0.15) is 23.0 Å². The minimum atomic E-state index is -0.316. The van der Waals surface area contributed by atoms with Crippen molar-refractivity contribution in [2.45, 2.75) is 130 Å². The summed E-state index contributed by atoms with van der Waals surface area (Å²) in [6.45, 7) is 26.0. The summed E-state index contributed by atoms with van der Waals surface area (Å²) in [6.07, 6.45) is 1.36. The standard InChI is InChI=1S/C56H72N4O8/c1-53(2,3)41-21-33-17-34-22-42(54(4,5)6)27-39-20-40-28-44(56(10,11)12)24-36-18-35-23-43(55(7,8)9)26-38(51(35)67-31-47(63)59-15-16-60-48(64)32-68-52(36)40)19-37(25-41)49(33)65-29-45(61)57-13-14-58-46(62)30-66-50(34)39/h21-28H,13-20,29-32H2,1-12H3,(H,57,61)(H,58,62)(H,59,63)(H,60,64). The molecule has 12 bridgehead atoms. The van der Waals surface area contributed by atoms with Crippen LogP contribution in [0, 0.1) is 0 Å². The zero-order valence-electron chi connectivity index (χ0n) is 42.4. The van der Waals surface area contributed by atoms with Crippen LogP contribution in [0.15, 0.2) is 48.5 Å². The van der Waals surface area contributed by atoms with E-state index in [0.29, 0.717) is 48.7 Å². The topological polar surface area (TPSA) is 153 Å². The SMILES string of the molecule is CC(C)(C)c1cc2c3c(c1)Cc1cc(C(C)(C)C)cc4c1OCC(=O)NCCNC(=O)COc1c(cc(C(C)(C)C)cc1Cc1cc(C(C)(C)C)cc(c1OCC(=O)NCCNC(=O)CO3)C2)C4. The Labute approximate surface area is 403 Å². The molecule has 12 heteroatoms. The average Bonchev–Trinajstić information content (AvgIpc) is 3.23. The summed E-state index contributed by atoms with van der Waals surface area (Å²) in [5.41, 5.74) is 9.92. The van der Waals surface area contributed by atoms with E-state index in [1.54, 1.807) is 0 Å². The monoisotopic (exact) mass is 929 g/mol. The van der Waals surface area contributed by atoms with Crippen LogP contribution in [0.3, 0.4) is 0 Å². The third-order valence-corrected chi connectivity index (χ3v) is 12.9. The normalized spacial score (nSPS) is 16.9. The first-order valence-electron chi connectivity index (χ1n) is 24.1. The van der Waals surface area contributed by atoms with E-state index in [1.807, 2.05) is 0 Å². The van der Waals surface area contributed by atoms with Crippen molar-refractivity contribution < 1.29 is 38.1 Å². The second-order valence-electron chi connectivity index (χ2n) is 22.8. The zero-order chi connectivity index (χ0) is 49.3. The van der Waals surface area contributed by atoms with Gasteiger partial charge in [-0.25, -0.2) is 0 Å². The Morgan fingerprint density at radius 1 is 0.309 bits per heavy atom. The molecule has 68 heavy (non-hydrogen) atoms. The molecular formula is C56H72N4O8. The molecule has 2 heterocycles. The molecule has 4 N–H and O–H groups in total. The minimum Gasteiger partial charge on any atom is -0.483 e. The lowest BCUT2D eigenvalue weighted by Gasteiger charge is -2.29. The van der Waals surface area contributed by atoms with Gasteiger partial charge < -0.3 is 40.2 Å². The molecule has 0 saturated carbocycles. The van der Waals surface area contributed by atoms with Gasteiger partial charge in [-0.15, -0.1) is 0 Å². The molecule has 0 fully saturated rings. The van der Waals surface area contributed by atoms with Crippen LogP contribution in [0.1, 0.15) is 150 Å². The summed E-state index contributed by atoms with van der Waals surface area (Å²) in [7, 11) is 0. The molecule has 364 valence electrons. The molecule has 0 radical (unpaired) electrons. The molecule has 4 amide bonds. The van der Waals surface area contributed by atoms with Crippen LogP contribution in [0.2, 0.25) is 0 Å². The highest BCUT2D eigenvalue weighted by molar-refractivity contribution is 5.80. The quantitative estimate of drug-likeness (QED) is 0.124. The third-order valence-electron chi connectivity index (χ3n) is 12.9. The fourth-order valence-electron chi connectivity index (χ4n) is 8.93. The molecule has 3 aliphatic rings. The Balaban J connectivity index is 1.65. The van der Waals surface area contributed by atoms with Gasteiger partial charge in [-0.2, -0.15) is 0 Å². The Morgan fingerprint density at radius 3 is 0.618 bits per heavy atom. The van der Waals surface area contributed by atoms with E-state index in [9.17, 15) is 19.2 Å². The van der Waals surface area contributed by atoms with E-state index in [-0.39, 0.29) is 97.9 Å². The first-order chi connectivity index (χ1) is 31.8. The van der Waals surface area contributed by atoms with Gasteiger partial charge in [0.05, 0.1) is 0 Å². The Morgan fingerprint density at radius 2 is 0.471 bits per heavy atom. The highest BCUT2D eigenvalue weighted by atomic mass is 16.5. The number of hydrogen-bond acceptors (Lipinski definition) is 8. The van der Waals surface area contributed by atoms with Crippen LogP contribution in [-0.2, 0) is 66.5 Å². The van der Waals surface area contributed by atoms with Gasteiger partial charge in [0.2, 0.25) is 0 Å². The molecule has 1 aliphatic carbocycles. The summed E-state index contributed by atoms with van der Waals surface area (Å²) < 4.78 is 27.0. The van der Waals surface area contributed by atoms with Crippen LogP contribution in [0.4, 0.5) is 0 Å². The maximum absolute atomic E-state index is 13.5. The predicted octanol–water partition coefficient (Wildman–Crippen LogP) is 7.56. The number of carbonyl (C=O) groups is 4. The van der Waals surface area contributed by atoms with Crippen molar-refractivity contribution in [3.8, 4) is 23.0 Å². The van der Waals surface area contributed by atoms with E-state index in [2.05, 4.69) is 153 Å². The molecular weight excluding hydrogens is 857 g/mol. The van der Waals surface area contributed by atoms with Gasteiger partial charge in [0.15, 0.2) is 26.4 Å². The van der Waals surface area contributed by atoms with Crippen molar-refractivity contribution in [1.82, 2.24) is 21.3 Å². The van der Waals surface area contributed by atoms with E-state index in [1.165, 1.54) is 0 Å². The summed E-state index contributed by atoms with van der Waals surface area (Å²) in [4.78, 5) is 54.0. The fourth-order valence-corrected chi connectivity index (χ4v) is 8.93. The maximum atomic E-state index is 13.5. The van der Waals surface area contributed by atoms with Gasteiger partial charge in [-0.1, -0.05) is 132 Å². The van der Waals surface area contributed by atoms with Crippen molar-refractivity contribution >= 4 is 23.6 Å². The second-order valence-corrected chi connectivity index (χ2v) is 22.8. The first-order valence-corrected chi connectivity index (χ1v) is 24.1. The Hall–Kier alpha value is -6.04. The number of rotatable bonds is 0. The summed E-state index contributed by atoms with van der Waals surface area (Å²) >= 11 is 0.